The van der Waals surface area contributed by atoms with E-state index in [1.54, 1.807) is 13.8 Å². The molecular formula is C12H20N3O6P. The number of carbonyl (C=O) groups excluding carboxylic acids is 1. The van der Waals surface area contributed by atoms with Crippen molar-refractivity contribution >= 4 is 19.2 Å². The summed E-state index contributed by atoms with van der Waals surface area (Å²) in [5, 5.41) is 0. The van der Waals surface area contributed by atoms with E-state index >= 15 is 0 Å². The molecule has 0 fully saturated rings. The molecule has 0 radical (unpaired) electrons. The average molecular weight is 333 g/mol. The fourth-order valence-corrected chi connectivity index (χ4v) is 3.45. The number of carbonyl (C=O) groups is 1. The minimum absolute atomic E-state index is 0.0886. The minimum Gasteiger partial charge on any atom is -0.384 e. The van der Waals surface area contributed by atoms with Crippen molar-refractivity contribution < 1.29 is 18.4 Å². The van der Waals surface area contributed by atoms with E-state index in [0.717, 1.165) is 9.13 Å². The molecule has 0 saturated heterocycles. The second-order valence-corrected chi connectivity index (χ2v) is 6.55. The van der Waals surface area contributed by atoms with Crippen LogP contribution in [0.1, 0.15) is 24.2 Å². The van der Waals surface area contributed by atoms with Gasteiger partial charge in [0.05, 0.1) is 13.2 Å². The molecule has 1 aromatic rings. The van der Waals surface area contributed by atoms with E-state index in [-0.39, 0.29) is 19.0 Å². The Morgan fingerprint density at radius 1 is 1.14 bits per heavy atom. The first-order valence-corrected chi connectivity index (χ1v) is 8.38. The van der Waals surface area contributed by atoms with E-state index in [4.69, 9.17) is 14.8 Å². The molecule has 0 aromatic carbocycles. The Balaban J connectivity index is 3.33. The fraction of sp³-hybridized carbons (Fsp3) is 0.583. The number of rotatable bonds is 7. The summed E-state index contributed by atoms with van der Waals surface area (Å²) in [7, 11) is -1.10. The molecule has 1 rings (SSSR count). The van der Waals surface area contributed by atoms with Crippen molar-refractivity contribution in [1.29, 1.82) is 0 Å². The number of aromatic nitrogens is 2. The Morgan fingerprint density at radius 2 is 1.64 bits per heavy atom. The zero-order valence-corrected chi connectivity index (χ0v) is 13.9. The van der Waals surface area contributed by atoms with Gasteiger partial charge < -0.3 is 14.8 Å². The lowest BCUT2D eigenvalue weighted by Gasteiger charge is -2.17. The number of anilines is 1. The monoisotopic (exact) mass is 333 g/mol. The summed E-state index contributed by atoms with van der Waals surface area (Å²) in [6.07, 6.45) is -0.619. The molecule has 124 valence electrons. The Bertz CT molecular complexity index is 726. The summed E-state index contributed by atoms with van der Waals surface area (Å²) in [5.41, 5.74) is 3.78. The van der Waals surface area contributed by atoms with Gasteiger partial charge in [-0.3, -0.25) is 23.3 Å². The molecular weight excluding hydrogens is 313 g/mol. The van der Waals surface area contributed by atoms with Gasteiger partial charge in [-0.15, -0.1) is 0 Å². The molecule has 9 nitrogen and oxygen atoms in total. The number of nitrogen functional groups attached to an aromatic ring is 1. The molecule has 1 aromatic heterocycles. The normalized spacial score (nSPS) is 11.6. The van der Waals surface area contributed by atoms with Crippen LogP contribution in [-0.4, -0.2) is 34.3 Å². The van der Waals surface area contributed by atoms with Gasteiger partial charge in [-0.2, -0.15) is 0 Å². The fourth-order valence-electron chi connectivity index (χ4n) is 1.90. The number of nitrogens with two attached hydrogens (primary N) is 1. The SMILES string of the molecule is CCOP(=O)(CC(=O)c1c(N)n(C)c(=O)n(C)c1=O)OCC. The van der Waals surface area contributed by atoms with E-state index in [9.17, 15) is 18.9 Å². The molecule has 0 amide bonds. The molecule has 2 N–H and O–H groups in total. The van der Waals surface area contributed by atoms with Crippen LogP contribution in [0.15, 0.2) is 9.59 Å². The smallest absolute Gasteiger partial charge is 0.338 e. The summed E-state index contributed by atoms with van der Waals surface area (Å²) in [6.45, 7) is 3.39. The van der Waals surface area contributed by atoms with Crippen molar-refractivity contribution in [3.8, 4) is 0 Å². The Hall–Kier alpha value is -1.70. The van der Waals surface area contributed by atoms with Crippen LogP contribution in [-0.2, 0) is 27.7 Å². The van der Waals surface area contributed by atoms with E-state index in [0.29, 0.717) is 0 Å². The maximum atomic E-state index is 12.4. The molecule has 22 heavy (non-hydrogen) atoms. The highest BCUT2D eigenvalue weighted by Gasteiger charge is 2.31. The number of nitrogens with zero attached hydrogens (tertiary/aromatic N) is 2. The second kappa shape index (κ2) is 7.04. The van der Waals surface area contributed by atoms with Crippen molar-refractivity contribution in [3.63, 3.8) is 0 Å². The maximum Gasteiger partial charge on any atom is 0.338 e. The van der Waals surface area contributed by atoms with Crippen LogP contribution in [0.5, 0.6) is 0 Å². The number of hydrogen-bond acceptors (Lipinski definition) is 7. The van der Waals surface area contributed by atoms with Gasteiger partial charge in [0, 0.05) is 14.1 Å². The molecule has 0 unspecified atom stereocenters. The lowest BCUT2D eigenvalue weighted by molar-refractivity contribution is 0.100. The average Bonchev–Trinajstić information content (AvgIpc) is 2.43. The lowest BCUT2D eigenvalue weighted by atomic mass is 10.2. The first-order valence-electron chi connectivity index (χ1n) is 6.65. The maximum absolute atomic E-state index is 12.4. The first kappa shape index (κ1) is 18.3. The summed E-state index contributed by atoms with van der Waals surface area (Å²) in [4.78, 5) is 36.1. The second-order valence-electron chi connectivity index (χ2n) is 4.49. The quantitative estimate of drug-likeness (QED) is 0.555. The summed E-state index contributed by atoms with van der Waals surface area (Å²) < 4.78 is 24.1. The van der Waals surface area contributed by atoms with E-state index in [1.165, 1.54) is 14.1 Å². The van der Waals surface area contributed by atoms with Crippen molar-refractivity contribution in [1.82, 2.24) is 9.13 Å². The number of ketones is 1. The van der Waals surface area contributed by atoms with E-state index in [2.05, 4.69) is 0 Å². The van der Waals surface area contributed by atoms with Gasteiger partial charge in [0.15, 0.2) is 5.78 Å². The van der Waals surface area contributed by atoms with Crippen LogP contribution >= 0.6 is 7.60 Å². The highest BCUT2D eigenvalue weighted by atomic mass is 31.2. The predicted octanol–water partition coefficient (Wildman–Crippen LogP) is 0.115. The van der Waals surface area contributed by atoms with Gasteiger partial charge in [0.1, 0.15) is 17.5 Å². The zero-order chi connectivity index (χ0) is 17.1. The Kier molecular flexibility index (Phi) is 5.87. The topological polar surface area (TPSA) is 123 Å². The van der Waals surface area contributed by atoms with Gasteiger partial charge in [-0.05, 0) is 13.8 Å². The third-order valence-corrected chi connectivity index (χ3v) is 4.96. The van der Waals surface area contributed by atoms with Gasteiger partial charge in [-0.1, -0.05) is 0 Å². The van der Waals surface area contributed by atoms with Gasteiger partial charge >= 0.3 is 13.3 Å². The third kappa shape index (κ3) is 3.55. The van der Waals surface area contributed by atoms with E-state index in [1.807, 2.05) is 0 Å². The van der Waals surface area contributed by atoms with Gasteiger partial charge in [0.25, 0.3) is 5.56 Å². The van der Waals surface area contributed by atoms with E-state index < -0.39 is 36.4 Å². The van der Waals surface area contributed by atoms with Gasteiger partial charge in [0.2, 0.25) is 0 Å². The Morgan fingerprint density at radius 3 is 2.09 bits per heavy atom. The van der Waals surface area contributed by atoms with Crippen LogP contribution in [0.4, 0.5) is 5.82 Å². The lowest BCUT2D eigenvalue weighted by Crippen LogP contribution is -2.42. The third-order valence-electron chi connectivity index (χ3n) is 2.98. The molecule has 0 spiro atoms. The molecule has 1 heterocycles. The summed E-state index contributed by atoms with van der Waals surface area (Å²) in [6, 6.07) is 0. The molecule has 0 bridgehead atoms. The molecule has 0 saturated carbocycles. The molecule has 10 heteroatoms. The highest BCUT2D eigenvalue weighted by Crippen LogP contribution is 2.48. The molecule has 0 aliphatic carbocycles. The van der Waals surface area contributed by atoms with Crippen molar-refractivity contribution in [2.45, 2.75) is 13.8 Å². The largest absolute Gasteiger partial charge is 0.384 e. The summed E-state index contributed by atoms with van der Waals surface area (Å²) in [5.74, 6) is -1.07. The van der Waals surface area contributed by atoms with Crippen LogP contribution < -0.4 is 17.0 Å². The summed E-state index contributed by atoms with van der Waals surface area (Å²) >= 11 is 0. The standard InChI is InChI=1S/C12H20N3O6P/c1-5-20-22(19,21-6-2)7-8(16)9-10(13)14(3)12(18)15(4)11(9)17/h5-7,13H2,1-4H3. The van der Waals surface area contributed by atoms with Crippen LogP contribution in [0, 0.1) is 0 Å². The predicted molar refractivity (Wildman–Crippen MR) is 81.4 cm³/mol. The van der Waals surface area contributed by atoms with Crippen molar-refractivity contribution in [3.05, 3.63) is 26.4 Å². The first-order chi connectivity index (χ1) is 10.2. The molecule has 0 aliphatic rings. The van der Waals surface area contributed by atoms with Gasteiger partial charge in [-0.25, -0.2) is 4.79 Å². The van der Waals surface area contributed by atoms with Crippen LogP contribution in [0.25, 0.3) is 0 Å². The van der Waals surface area contributed by atoms with Crippen LogP contribution in [0.2, 0.25) is 0 Å². The van der Waals surface area contributed by atoms with Crippen molar-refractivity contribution in [2.75, 3.05) is 25.1 Å². The highest BCUT2D eigenvalue weighted by molar-refractivity contribution is 7.54. The molecule has 0 atom stereocenters. The Labute approximate surface area is 127 Å². The van der Waals surface area contributed by atoms with Crippen molar-refractivity contribution in [2.24, 2.45) is 14.1 Å². The zero-order valence-electron chi connectivity index (χ0n) is 13.0. The number of hydrogen-bond donors (Lipinski definition) is 1. The number of Topliss-reactive ketones (excluding diaryl/α,β-unsaturated/α-hetero) is 1. The van der Waals surface area contributed by atoms with Crippen LogP contribution in [0.3, 0.4) is 0 Å². The minimum atomic E-state index is -3.66. The molecule has 0 aliphatic heterocycles.